The second kappa shape index (κ2) is 9.87. The van der Waals surface area contributed by atoms with Crippen LogP contribution in [0.2, 0.25) is 5.02 Å². The maximum absolute atomic E-state index is 12.6. The van der Waals surface area contributed by atoms with E-state index in [0.717, 1.165) is 25.9 Å². The molecule has 0 aliphatic carbocycles. The third-order valence-corrected chi connectivity index (χ3v) is 4.16. The average Bonchev–Trinajstić information content (AvgIpc) is 2.69. The van der Waals surface area contributed by atoms with E-state index in [9.17, 15) is 9.59 Å². The molecule has 0 atom stereocenters. The van der Waals surface area contributed by atoms with Gasteiger partial charge in [-0.15, -0.1) is 0 Å². The minimum absolute atomic E-state index is 0.219. The van der Waals surface area contributed by atoms with Gasteiger partial charge in [0.1, 0.15) is 17.8 Å². The van der Waals surface area contributed by atoms with Crippen molar-refractivity contribution in [1.29, 1.82) is 0 Å². The molecular weight excluding hydrogens is 368 g/mol. The minimum atomic E-state index is -0.513. The fourth-order valence-corrected chi connectivity index (χ4v) is 2.74. The first-order valence-electron chi connectivity index (χ1n) is 8.76. The molecule has 0 spiro atoms. The van der Waals surface area contributed by atoms with Gasteiger partial charge in [0.2, 0.25) is 0 Å². The molecule has 1 heterocycles. The molecule has 2 aromatic rings. The van der Waals surface area contributed by atoms with Gasteiger partial charge in [-0.25, -0.2) is 14.8 Å². The van der Waals surface area contributed by atoms with E-state index in [-0.39, 0.29) is 11.3 Å². The highest BCUT2D eigenvalue weighted by molar-refractivity contribution is 6.34. The minimum Gasteiger partial charge on any atom is -0.465 e. The predicted molar refractivity (Wildman–Crippen MR) is 106 cm³/mol. The summed E-state index contributed by atoms with van der Waals surface area (Å²) in [5.74, 6) is -0.245. The molecule has 0 unspecified atom stereocenters. The largest absolute Gasteiger partial charge is 0.465 e. The Morgan fingerprint density at radius 1 is 1.15 bits per heavy atom. The Labute approximate surface area is 163 Å². The first kappa shape index (κ1) is 20.6. The fraction of sp³-hybridized carbons (Fsp3) is 0.368. The summed E-state index contributed by atoms with van der Waals surface area (Å²) in [4.78, 5) is 34.7. The zero-order valence-corrected chi connectivity index (χ0v) is 16.4. The van der Waals surface area contributed by atoms with Crippen LogP contribution in [0.4, 0.5) is 11.5 Å². The number of anilines is 2. The molecule has 1 N–H and O–H groups in total. The highest BCUT2D eigenvalue weighted by atomic mass is 35.5. The van der Waals surface area contributed by atoms with Crippen molar-refractivity contribution >= 4 is 35.0 Å². The summed E-state index contributed by atoms with van der Waals surface area (Å²) >= 11 is 6.13. The highest BCUT2D eigenvalue weighted by Crippen LogP contribution is 2.24. The van der Waals surface area contributed by atoms with Crippen molar-refractivity contribution in [3.63, 3.8) is 0 Å². The average molecular weight is 391 g/mol. The number of ether oxygens (including phenoxy) is 1. The van der Waals surface area contributed by atoms with Gasteiger partial charge >= 0.3 is 5.97 Å². The molecular formula is C19H23ClN4O3. The van der Waals surface area contributed by atoms with Crippen molar-refractivity contribution < 1.29 is 14.3 Å². The highest BCUT2D eigenvalue weighted by Gasteiger charge is 2.15. The van der Waals surface area contributed by atoms with Crippen molar-refractivity contribution in [2.45, 2.75) is 26.7 Å². The quantitative estimate of drug-likeness (QED) is 0.690. The third-order valence-electron chi connectivity index (χ3n) is 3.83. The van der Waals surface area contributed by atoms with Gasteiger partial charge < -0.3 is 15.0 Å². The Hall–Kier alpha value is -2.67. The van der Waals surface area contributed by atoms with Crippen molar-refractivity contribution in [3.8, 4) is 0 Å². The zero-order valence-electron chi connectivity index (χ0n) is 15.7. The number of carbonyl (C=O) groups excluding carboxylic acids is 2. The van der Waals surface area contributed by atoms with Gasteiger partial charge in [-0.2, -0.15) is 0 Å². The molecule has 27 heavy (non-hydrogen) atoms. The van der Waals surface area contributed by atoms with E-state index in [1.165, 1.54) is 31.6 Å². The third kappa shape index (κ3) is 5.40. The van der Waals surface area contributed by atoms with Gasteiger partial charge in [0.05, 0.1) is 23.4 Å². The van der Waals surface area contributed by atoms with E-state index >= 15 is 0 Å². The number of methoxy groups -OCH3 is 1. The van der Waals surface area contributed by atoms with E-state index in [1.807, 2.05) is 0 Å². The molecule has 1 amide bonds. The van der Waals surface area contributed by atoms with Crippen LogP contribution in [-0.4, -0.2) is 42.0 Å². The maximum atomic E-state index is 12.6. The van der Waals surface area contributed by atoms with Crippen molar-refractivity contribution in [2.75, 3.05) is 30.4 Å². The number of nitrogens with zero attached hydrogens (tertiary/aromatic N) is 3. The summed E-state index contributed by atoms with van der Waals surface area (Å²) in [6.45, 7) is 5.87. The molecule has 0 saturated heterocycles. The molecule has 0 radical (unpaired) electrons. The second-order valence-corrected chi connectivity index (χ2v) is 6.30. The van der Waals surface area contributed by atoms with Gasteiger partial charge in [0.25, 0.3) is 5.91 Å². The number of amides is 1. The number of aromatic nitrogens is 2. The van der Waals surface area contributed by atoms with Crippen LogP contribution in [0.3, 0.4) is 0 Å². The van der Waals surface area contributed by atoms with Gasteiger partial charge in [-0.05, 0) is 31.0 Å². The SMILES string of the molecule is CCCN(CCC)c1cc(C(=O)Nc2cc(C(=O)OC)ccc2Cl)ncn1. The normalized spacial score (nSPS) is 10.4. The van der Waals surface area contributed by atoms with Crippen molar-refractivity contribution in [1.82, 2.24) is 9.97 Å². The molecule has 7 nitrogen and oxygen atoms in total. The van der Waals surface area contributed by atoms with Crippen molar-refractivity contribution in [3.05, 3.63) is 46.9 Å². The lowest BCUT2D eigenvalue weighted by atomic mass is 10.2. The van der Waals surface area contributed by atoms with Gasteiger partial charge in [-0.3, -0.25) is 4.79 Å². The molecule has 8 heteroatoms. The Bertz CT molecular complexity index is 807. The summed E-state index contributed by atoms with van der Waals surface area (Å²) in [6.07, 6.45) is 3.32. The molecule has 0 aliphatic heterocycles. The number of esters is 1. The molecule has 1 aromatic carbocycles. The lowest BCUT2D eigenvalue weighted by Crippen LogP contribution is -2.26. The van der Waals surface area contributed by atoms with Gasteiger partial charge in [-0.1, -0.05) is 25.4 Å². The van der Waals surface area contributed by atoms with Gasteiger partial charge in [0.15, 0.2) is 0 Å². The first-order valence-corrected chi connectivity index (χ1v) is 9.14. The Morgan fingerprint density at radius 2 is 1.85 bits per heavy atom. The van der Waals surface area contributed by atoms with E-state index in [2.05, 4.69) is 38.8 Å². The molecule has 0 fully saturated rings. The van der Waals surface area contributed by atoms with Crippen LogP contribution in [0, 0.1) is 0 Å². The number of nitrogens with one attached hydrogen (secondary N) is 1. The zero-order chi connectivity index (χ0) is 19.8. The van der Waals surface area contributed by atoms with E-state index in [0.29, 0.717) is 16.5 Å². The molecule has 0 aliphatic rings. The van der Waals surface area contributed by atoms with Gasteiger partial charge in [0, 0.05) is 19.2 Å². The lowest BCUT2D eigenvalue weighted by molar-refractivity contribution is 0.0600. The second-order valence-electron chi connectivity index (χ2n) is 5.89. The van der Waals surface area contributed by atoms with E-state index in [4.69, 9.17) is 11.6 Å². The van der Waals surface area contributed by atoms with Crippen LogP contribution in [0.25, 0.3) is 0 Å². The van der Waals surface area contributed by atoms with Crippen LogP contribution in [0.1, 0.15) is 47.5 Å². The monoisotopic (exact) mass is 390 g/mol. The Balaban J connectivity index is 2.23. The predicted octanol–water partition coefficient (Wildman–Crippen LogP) is 3.80. The molecule has 1 aromatic heterocycles. The number of rotatable bonds is 8. The number of benzene rings is 1. The topological polar surface area (TPSA) is 84.4 Å². The number of hydrogen-bond acceptors (Lipinski definition) is 6. The maximum Gasteiger partial charge on any atom is 0.337 e. The van der Waals surface area contributed by atoms with Crippen LogP contribution in [-0.2, 0) is 4.74 Å². The molecule has 144 valence electrons. The fourth-order valence-electron chi connectivity index (χ4n) is 2.58. The summed E-state index contributed by atoms with van der Waals surface area (Å²) in [7, 11) is 1.29. The summed E-state index contributed by atoms with van der Waals surface area (Å²) in [6, 6.07) is 6.17. The number of carbonyl (C=O) groups is 2. The van der Waals surface area contributed by atoms with Crippen molar-refractivity contribution in [2.24, 2.45) is 0 Å². The van der Waals surface area contributed by atoms with Crippen LogP contribution < -0.4 is 10.2 Å². The van der Waals surface area contributed by atoms with E-state index < -0.39 is 11.9 Å². The molecule has 0 saturated carbocycles. The smallest absolute Gasteiger partial charge is 0.337 e. The first-order chi connectivity index (χ1) is 13.0. The van der Waals surface area contributed by atoms with Crippen LogP contribution in [0.5, 0.6) is 0 Å². The molecule has 0 bridgehead atoms. The summed E-state index contributed by atoms with van der Waals surface area (Å²) < 4.78 is 4.69. The molecule has 2 rings (SSSR count). The number of halogens is 1. The summed E-state index contributed by atoms with van der Waals surface area (Å²) in [5, 5.41) is 3.00. The lowest BCUT2D eigenvalue weighted by Gasteiger charge is -2.22. The Morgan fingerprint density at radius 3 is 2.48 bits per heavy atom. The van der Waals surface area contributed by atoms with E-state index in [1.54, 1.807) is 6.07 Å². The standard InChI is InChI=1S/C19H23ClN4O3/c1-4-8-24(9-5-2)17-11-16(21-12-22-17)18(25)23-15-10-13(19(26)27-3)6-7-14(15)20/h6-7,10-12H,4-5,8-9H2,1-3H3,(H,23,25). The number of hydrogen-bond donors (Lipinski definition) is 1. The van der Waals surface area contributed by atoms with Crippen LogP contribution >= 0.6 is 11.6 Å². The van der Waals surface area contributed by atoms with Crippen LogP contribution in [0.15, 0.2) is 30.6 Å². The summed E-state index contributed by atoms with van der Waals surface area (Å²) in [5.41, 5.74) is 0.818. The Kier molecular flexibility index (Phi) is 7.55.